The maximum atomic E-state index is 13.2. The Morgan fingerprint density at radius 2 is 2.08 bits per heavy atom. The third-order valence-electron chi connectivity index (χ3n) is 3.02. The molecule has 0 unspecified atom stereocenters. The molecule has 2 rings (SSSR count). The Morgan fingerprint density at radius 1 is 1.29 bits per heavy atom. The first-order valence-corrected chi connectivity index (χ1v) is 8.32. The Morgan fingerprint density at radius 3 is 2.75 bits per heavy atom. The topological polar surface area (TPSA) is 55.8 Å². The average molecular weight is 442 g/mol. The van der Waals surface area contributed by atoms with Gasteiger partial charge in [0.1, 0.15) is 12.4 Å². The molecular weight excluding hydrogens is 426 g/mol. The average Bonchev–Trinajstić information content (AvgIpc) is 2.52. The molecule has 0 bridgehead atoms. The zero-order valence-corrected chi connectivity index (χ0v) is 15.1. The minimum atomic E-state index is -1.02. The van der Waals surface area contributed by atoms with Gasteiger partial charge in [0.25, 0.3) is 0 Å². The summed E-state index contributed by atoms with van der Waals surface area (Å²) in [7, 11) is 0. The second-order valence-electron chi connectivity index (χ2n) is 4.85. The molecule has 0 saturated carbocycles. The molecule has 126 valence electrons. The SMILES string of the molecule is CCOc1cc(C=CC(=O)O)cc(I)c1OCc1cccc(F)c1. The van der Waals surface area contributed by atoms with Crippen LogP contribution in [0.25, 0.3) is 6.08 Å². The largest absolute Gasteiger partial charge is 0.490 e. The number of halogens is 2. The van der Waals surface area contributed by atoms with Crippen LogP contribution in [-0.2, 0) is 11.4 Å². The van der Waals surface area contributed by atoms with E-state index in [9.17, 15) is 9.18 Å². The number of carboxylic acids is 1. The summed E-state index contributed by atoms with van der Waals surface area (Å²) in [4.78, 5) is 10.6. The maximum Gasteiger partial charge on any atom is 0.328 e. The summed E-state index contributed by atoms with van der Waals surface area (Å²) in [5, 5.41) is 8.73. The highest BCUT2D eigenvalue weighted by Gasteiger charge is 2.12. The molecule has 0 aliphatic carbocycles. The van der Waals surface area contributed by atoms with Crippen LogP contribution in [0.4, 0.5) is 4.39 Å². The first-order chi connectivity index (χ1) is 11.5. The van der Waals surface area contributed by atoms with Crippen molar-refractivity contribution in [3.05, 3.63) is 63.0 Å². The first-order valence-electron chi connectivity index (χ1n) is 7.24. The van der Waals surface area contributed by atoms with Crippen LogP contribution in [-0.4, -0.2) is 17.7 Å². The highest BCUT2D eigenvalue weighted by Crippen LogP contribution is 2.35. The number of carboxylic acid groups (broad SMARTS) is 1. The molecule has 6 heteroatoms. The first kappa shape index (κ1) is 18.3. The van der Waals surface area contributed by atoms with Crippen molar-refractivity contribution in [1.29, 1.82) is 0 Å². The highest BCUT2D eigenvalue weighted by atomic mass is 127. The number of carbonyl (C=O) groups is 1. The molecule has 2 aromatic rings. The molecule has 0 fully saturated rings. The monoisotopic (exact) mass is 442 g/mol. The summed E-state index contributed by atoms with van der Waals surface area (Å²) in [6, 6.07) is 9.71. The van der Waals surface area contributed by atoms with E-state index in [1.807, 2.05) is 6.92 Å². The van der Waals surface area contributed by atoms with Crippen LogP contribution in [0, 0.1) is 9.39 Å². The summed E-state index contributed by atoms with van der Waals surface area (Å²) < 4.78 is 25.4. The molecule has 0 aliphatic heterocycles. The molecular formula is C18H16FIO4. The van der Waals surface area contributed by atoms with E-state index >= 15 is 0 Å². The fraction of sp³-hybridized carbons (Fsp3) is 0.167. The van der Waals surface area contributed by atoms with Crippen molar-refractivity contribution in [2.45, 2.75) is 13.5 Å². The van der Waals surface area contributed by atoms with Crippen LogP contribution >= 0.6 is 22.6 Å². The van der Waals surface area contributed by atoms with E-state index in [1.54, 1.807) is 24.3 Å². The fourth-order valence-corrected chi connectivity index (χ4v) is 2.82. The fourth-order valence-electron chi connectivity index (χ4n) is 2.04. The summed E-state index contributed by atoms with van der Waals surface area (Å²) in [6.45, 7) is 2.50. The van der Waals surface area contributed by atoms with Gasteiger partial charge in [-0.05, 0) is 71.0 Å². The number of benzene rings is 2. The second-order valence-corrected chi connectivity index (χ2v) is 6.02. The summed E-state index contributed by atoms with van der Waals surface area (Å²) in [5.74, 6) is -0.264. The molecule has 0 aliphatic rings. The van der Waals surface area contributed by atoms with Gasteiger partial charge < -0.3 is 14.6 Å². The Hall–Kier alpha value is -2.09. The Bertz CT molecular complexity index is 759. The Labute approximate surface area is 153 Å². The number of hydrogen-bond acceptors (Lipinski definition) is 3. The molecule has 1 N–H and O–H groups in total. The predicted molar refractivity (Wildman–Crippen MR) is 97.7 cm³/mol. The van der Waals surface area contributed by atoms with E-state index in [4.69, 9.17) is 14.6 Å². The lowest BCUT2D eigenvalue weighted by Crippen LogP contribution is -2.02. The molecule has 0 atom stereocenters. The van der Waals surface area contributed by atoms with E-state index in [2.05, 4.69) is 22.6 Å². The van der Waals surface area contributed by atoms with E-state index in [0.29, 0.717) is 29.2 Å². The van der Waals surface area contributed by atoms with Crippen LogP contribution in [0.15, 0.2) is 42.5 Å². The third kappa shape index (κ3) is 5.23. The van der Waals surface area contributed by atoms with Gasteiger partial charge in [-0.2, -0.15) is 0 Å². The van der Waals surface area contributed by atoms with Crippen molar-refractivity contribution in [3.63, 3.8) is 0 Å². The lowest BCUT2D eigenvalue weighted by Gasteiger charge is -2.15. The van der Waals surface area contributed by atoms with E-state index < -0.39 is 5.97 Å². The van der Waals surface area contributed by atoms with Crippen molar-refractivity contribution in [1.82, 2.24) is 0 Å². The molecule has 0 aromatic heterocycles. The van der Waals surface area contributed by atoms with Gasteiger partial charge in [-0.25, -0.2) is 9.18 Å². The number of aliphatic carboxylic acids is 1. The van der Waals surface area contributed by atoms with Crippen LogP contribution in [0.3, 0.4) is 0 Å². The quantitative estimate of drug-likeness (QED) is 0.507. The number of rotatable bonds is 7. The zero-order valence-electron chi connectivity index (χ0n) is 13.0. The molecule has 0 spiro atoms. The van der Waals surface area contributed by atoms with Crippen LogP contribution in [0.5, 0.6) is 11.5 Å². The molecule has 4 nitrogen and oxygen atoms in total. The molecule has 0 radical (unpaired) electrons. The van der Waals surface area contributed by atoms with Crippen molar-refractivity contribution in [3.8, 4) is 11.5 Å². The second kappa shape index (κ2) is 8.68. The predicted octanol–water partition coefficient (Wildman–Crippen LogP) is 4.51. The van der Waals surface area contributed by atoms with E-state index in [1.165, 1.54) is 18.2 Å². The summed E-state index contributed by atoms with van der Waals surface area (Å²) >= 11 is 2.10. The number of hydrogen-bond donors (Lipinski definition) is 1. The standard InChI is InChI=1S/C18H16FIO4/c1-2-23-16-10-12(6-7-17(21)22)9-15(20)18(16)24-11-13-4-3-5-14(19)8-13/h3-10H,2,11H2,1H3,(H,21,22). The van der Waals surface area contributed by atoms with Gasteiger partial charge >= 0.3 is 5.97 Å². The minimum Gasteiger partial charge on any atom is -0.490 e. The smallest absolute Gasteiger partial charge is 0.328 e. The summed E-state index contributed by atoms with van der Waals surface area (Å²) in [6.07, 6.45) is 2.55. The van der Waals surface area contributed by atoms with Crippen molar-refractivity contribution >= 4 is 34.6 Å². The van der Waals surface area contributed by atoms with Crippen LogP contribution in [0.1, 0.15) is 18.1 Å². The molecule has 24 heavy (non-hydrogen) atoms. The lowest BCUT2D eigenvalue weighted by molar-refractivity contribution is -0.131. The van der Waals surface area contributed by atoms with Crippen molar-refractivity contribution < 1.29 is 23.8 Å². The zero-order chi connectivity index (χ0) is 17.5. The normalized spacial score (nSPS) is 10.8. The van der Waals surface area contributed by atoms with E-state index in [0.717, 1.165) is 9.65 Å². The number of ether oxygens (including phenoxy) is 2. The maximum absolute atomic E-state index is 13.2. The Balaban J connectivity index is 2.25. The summed E-state index contributed by atoms with van der Waals surface area (Å²) in [5.41, 5.74) is 1.41. The van der Waals surface area contributed by atoms with Gasteiger partial charge in [0.05, 0.1) is 10.2 Å². The molecule has 2 aromatic carbocycles. The molecule has 0 heterocycles. The van der Waals surface area contributed by atoms with Crippen molar-refractivity contribution in [2.24, 2.45) is 0 Å². The van der Waals surface area contributed by atoms with Crippen molar-refractivity contribution in [2.75, 3.05) is 6.61 Å². The van der Waals surface area contributed by atoms with Gasteiger partial charge in [0.2, 0.25) is 0 Å². The Kier molecular flexibility index (Phi) is 6.60. The van der Waals surface area contributed by atoms with Crippen LogP contribution in [0.2, 0.25) is 0 Å². The lowest BCUT2D eigenvalue weighted by atomic mass is 10.2. The van der Waals surface area contributed by atoms with Gasteiger partial charge in [-0.1, -0.05) is 12.1 Å². The molecule has 0 saturated heterocycles. The highest BCUT2D eigenvalue weighted by molar-refractivity contribution is 14.1. The van der Waals surface area contributed by atoms with Gasteiger partial charge in [-0.3, -0.25) is 0 Å². The van der Waals surface area contributed by atoms with Gasteiger partial charge in [0.15, 0.2) is 11.5 Å². The van der Waals surface area contributed by atoms with Gasteiger partial charge in [0, 0.05) is 6.08 Å². The third-order valence-corrected chi connectivity index (χ3v) is 3.82. The minimum absolute atomic E-state index is 0.206. The van der Waals surface area contributed by atoms with Crippen LogP contribution < -0.4 is 9.47 Å². The van der Waals surface area contributed by atoms with Gasteiger partial charge in [-0.15, -0.1) is 0 Å². The van der Waals surface area contributed by atoms with E-state index in [-0.39, 0.29) is 12.4 Å². The molecule has 0 amide bonds.